The monoisotopic (exact) mass is 544 g/mol. The van der Waals surface area contributed by atoms with Crippen molar-refractivity contribution in [3.05, 3.63) is 109 Å². The summed E-state index contributed by atoms with van der Waals surface area (Å²) < 4.78 is 18.4. The summed E-state index contributed by atoms with van der Waals surface area (Å²) in [6, 6.07) is 16.3. The SMILES string of the molecule is CCOC(=O)C1=C(C)N=c2s/c(=C\c3ccc(-c4cccc(C(=O)O)c4)o3)c(=O)n2C1c1ccc(OC)cc1. The molecule has 2 aromatic carbocycles. The van der Waals surface area contributed by atoms with E-state index in [1.165, 1.54) is 28.0 Å². The molecule has 1 aliphatic heterocycles. The number of carbonyl (C=O) groups is 2. The maximum absolute atomic E-state index is 13.7. The molecule has 10 heteroatoms. The number of furan rings is 1. The van der Waals surface area contributed by atoms with Crippen molar-refractivity contribution in [2.75, 3.05) is 13.7 Å². The van der Waals surface area contributed by atoms with Crippen LogP contribution in [0.2, 0.25) is 0 Å². The quantitative estimate of drug-likeness (QED) is 0.352. The molecule has 9 nitrogen and oxygen atoms in total. The first-order valence-electron chi connectivity index (χ1n) is 12.1. The van der Waals surface area contributed by atoms with Crippen LogP contribution in [0.1, 0.15) is 41.6 Å². The summed E-state index contributed by atoms with van der Waals surface area (Å²) in [5.41, 5.74) is 1.88. The smallest absolute Gasteiger partial charge is 0.338 e. The molecule has 0 spiro atoms. The van der Waals surface area contributed by atoms with Gasteiger partial charge in [-0.2, -0.15) is 0 Å². The molecule has 3 heterocycles. The number of allylic oxidation sites excluding steroid dienone is 1. The van der Waals surface area contributed by atoms with Crippen LogP contribution >= 0.6 is 11.3 Å². The molecule has 5 rings (SSSR count). The van der Waals surface area contributed by atoms with Crippen molar-refractivity contribution >= 4 is 29.4 Å². The fraction of sp³-hybridized carbons (Fsp3) is 0.172. The second-order valence-corrected chi connectivity index (χ2v) is 9.67. The zero-order valence-corrected chi connectivity index (χ0v) is 22.2. The second kappa shape index (κ2) is 10.6. The molecule has 0 amide bonds. The Morgan fingerprint density at radius 2 is 1.92 bits per heavy atom. The summed E-state index contributed by atoms with van der Waals surface area (Å²) in [6.45, 7) is 3.64. The number of ether oxygens (including phenoxy) is 2. The van der Waals surface area contributed by atoms with Crippen molar-refractivity contribution in [3.8, 4) is 17.1 Å². The third kappa shape index (κ3) is 4.94. The zero-order valence-electron chi connectivity index (χ0n) is 21.3. The Kier molecular flexibility index (Phi) is 7.03. The van der Waals surface area contributed by atoms with Gasteiger partial charge in [-0.1, -0.05) is 35.6 Å². The number of aromatic carboxylic acids is 1. The minimum atomic E-state index is -1.03. The number of carboxylic acid groups (broad SMARTS) is 1. The molecule has 0 saturated heterocycles. The first-order valence-corrected chi connectivity index (χ1v) is 12.9. The first kappa shape index (κ1) is 25.9. The molecule has 0 bridgehead atoms. The maximum atomic E-state index is 13.7. The molecule has 1 unspecified atom stereocenters. The highest BCUT2D eigenvalue weighted by atomic mass is 32.1. The highest BCUT2D eigenvalue weighted by Crippen LogP contribution is 2.31. The lowest BCUT2D eigenvalue weighted by atomic mass is 9.96. The molecule has 0 fully saturated rings. The largest absolute Gasteiger partial charge is 0.497 e. The van der Waals surface area contributed by atoms with Crippen molar-refractivity contribution in [1.29, 1.82) is 0 Å². The van der Waals surface area contributed by atoms with Gasteiger partial charge in [-0.15, -0.1) is 0 Å². The van der Waals surface area contributed by atoms with Gasteiger partial charge in [0.25, 0.3) is 5.56 Å². The standard InChI is InChI=1S/C29H24N2O7S/c1-4-37-28(35)24-16(2)30-29-31(25(24)17-8-10-20(36-3)11-9-17)26(32)23(39-29)15-21-12-13-22(38-21)18-6-5-7-19(14-18)27(33)34/h5-15,25H,4H2,1-3H3,(H,33,34)/b23-15-. The van der Waals surface area contributed by atoms with E-state index in [9.17, 15) is 19.5 Å². The van der Waals surface area contributed by atoms with Crippen LogP contribution in [0.25, 0.3) is 17.4 Å². The molecule has 198 valence electrons. The Labute approximate surface area is 226 Å². The van der Waals surface area contributed by atoms with Gasteiger partial charge in [0, 0.05) is 11.6 Å². The van der Waals surface area contributed by atoms with Crippen LogP contribution in [0.15, 0.2) is 86.1 Å². The van der Waals surface area contributed by atoms with Crippen molar-refractivity contribution < 1.29 is 28.6 Å². The number of hydrogen-bond donors (Lipinski definition) is 1. The minimum Gasteiger partial charge on any atom is -0.497 e. The van der Waals surface area contributed by atoms with Crippen LogP contribution in [0.3, 0.4) is 0 Å². The Morgan fingerprint density at radius 1 is 1.15 bits per heavy atom. The lowest BCUT2D eigenvalue weighted by molar-refractivity contribution is -0.139. The molecule has 1 N–H and O–H groups in total. The molecule has 39 heavy (non-hydrogen) atoms. The van der Waals surface area contributed by atoms with Gasteiger partial charge in [-0.25, -0.2) is 14.6 Å². The fourth-order valence-corrected chi connectivity index (χ4v) is 5.44. The van der Waals surface area contributed by atoms with Crippen LogP contribution in [0, 0.1) is 0 Å². The molecule has 1 aliphatic rings. The topological polar surface area (TPSA) is 120 Å². The fourth-order valence-electron chi connectivity index (χ4n) is 4.41. The molecule has 1 atom stereocenters. The predicted octanol–water partition coefficient (Wildman–Crippen LogP) is 3.77. The van der Waals surface area contributed by atoms with E-state index >= 15 is 0 Å². The van der Waals surface area contributed by atoms with E-state index in [1.807, 2.05) is 12.1 Å². The number of nitrogens with zero attached hydrogens (tertiary/aromatic N) is 2. The summed E-state index contributed by atoms with van der Waals surface area (Å²) in [6.07, 6.45) is 1.61. The van der Waals surface area contributed by atoms with Crippen LogP contribution in [0.5, 0.6) is 5.75 Å². The third-order valence-corrected chi connectivity index (χ3v) is 7.23. The molecule has 0 radical (unpaired) electrons. The highest BCUT2D eigenvalue weighted by Gasteiger charge is 2.33. The summed E-state index contributed by atoms with van der Waals surface area (Å²) in [5, 5.41) is 9.28. The van der Waals surface area contributed by atoms with Crippen molar-refractivity contribution in [1.82, 2.24) is 4.57 Å². The van der Waals surface area contributed by atoms with Gasteiger partial charge in [0.15, 0.2) is 4.80 Å². The van der Waals surface area contributed by atoms with Crippen molar-refractivity contribution in [3.63, 3.8) is 0 Å². The number of aromatic nitrogens is 1. The van der Waals surface area contributed by atoms with Crippen molar-refractivity contribution in [2.45, 2.75) is 19.9 Å². The lowest BCUT2D eigenvalue weighted by Crippen LogP contribution is -2.39. The van der Waals surface area contributed by atoms with E-state index in [0.29, 0.717) is 49.0 Å². The Hall–Kier alpha value is -4.70. The van der Waals surface area contributed by atoms with E-state index in [4.69, 9.17) is 13.9 Å². The number of rotatable bonds is 7. The average molecular weight is 545 g/mol. The summed E-state index contributed by atoms with van der Waals surface area (Å²) in [5.74, 6) is -0.0409. The number of esters is 1. The zero-order chi connectivity index (χ0) is 27.7. The Morgan fingerprint density at radius 3 is 2.62 bits per heavy atom. The van der Waals surface area contributed by atoms with Gasteiger partial charge >= 0.3 is 11.9 Å². The van der Waals surface area contributed by atoms with E-state index in [-0.39, 0.29) is 17.7 Å². The van der Waals surface area contributed by atoms with E-state index in [0.717, 1.165) is 0 Å². The first-order chi connectivity index (χ1) is 18.8. The van der Waals surface area contributed by atoms with Gasteiger partial charge in [-0.05, 0) is 55.8 Å². The minimum absolute atomic E-state index is 0.144. The van der Waals surface area contributed by atoms with Crippen LogP contribution in [0.4, 0.5) is 0 Å². The number of thiazole rings is 1. The highest BCUT2D eigenvalue weighted by molar-refractivity contribution is 7.07. The molecule has 4 aromatic rings. The molecular formula is C29H24N2O7S. The number of methoxy groups -OCH3 is 1. The second-order valence-electron chi connectivity index (χ2n) is 8.66. The van der Waals surface area contributed by atoms with E-state index in [1.54, 1.807) is 63.4 Å². The van der Waals surface area contributed by atoms with Gasteiger partial charge in [0.1, 0.15) is 17.3 Å². The predicted molar refractivity (Wildman–Crippen MR) is 144 cm³/mol. The molecule has 0 aliphatic carbocycles. The average Bonchev–Trinajstić information content (AvgIpc) is 3.52. The van der Waals surface area contributed by atoms with Gasteiger partial charge < -0.3 is 19.0 Å². The van der Waals surface area contributed by atoms with E-state index < -0.39 is 18.0 Å². The van der Waals surface area contributed by atoms with Gasteiger partial charge in [-0.3, -0.25) is 9.36 Å². The molecular weight excluding hydrogens is 520 g/mol. The van der Waals surface area contributed by atoms with Crippen molar-refractivity contribution in [2.24, 2.45) is 4.99 Å². The maximum Gasteiger partial charge on any atom is 0.338 e. The number of fused-ring (bicyclic) bond motifs is 1. The summed E-state index contributed by atoms with van der Waals surface area (Å²) >= 11 is 1.18. The van der Waals surface area contributed by atoms with Gasteiger partial charge in [0.05, 0.1) is 41.1 Å². The molecule has 0 saturated carbocycles. The van der Waals surface area contributed by atoms with Crippen LogP contribution in [-0.4, -0.2) is 35.3 Å². The van der Waals surface area contributed by atoms with Crippen LogP contribution in [-0.2, 0) is 9.53 Å². The van der Waals surface area contributed by atoms with Crippen LogP contribution < -0.4 is 19.6 Å². The van der Waals surface area contributed by atoms with Gasteiger partial charge in [0.2, 0.25) is 0 Å². The molecule has 2 aromatic heterocycles. The number of carbonyl (C=O) groups excluding carboxylic acids is 1. The summed E-state index contributed by atoms with van der Waals surface area (Å²) in [4.78, 5) is 43.1. The Bertz CT molecular complexity index is 1790. The number of carboxylic acids is 1. The Balaban J connectivity index is 1.61. The number of benzene rings is 2. The lowest BCUT2D eigenvalue weighted by Gasteiger charge is -2.24. The third-order valence-electron chi connectivity index (χ3n) is 6.24. The van der Waals surface area contributed by atoms with E-state index in [2.05, 4.69) is 4.99 Å². The number of hydrogen-bond acceptors (Lipinski definition) is 8. The summed E-state index contributed by atoms with van der Waals surface area (Å²) in [7, 11) is 1.56. The normalized spacial score (nSPS) is 15.1.